The van der Waals surface area contributed by atoms with Crippen molar-refractivity contribution in [3.63, 3.8) is 0 Å². The molecule has 2 aromatic rings. The van der Waals surface area contributed by atoms with Crippen molar-refractivity contribution in [3.8, 4) is 17.2 Å². The van der Waals surface area contributed by atoms with Gasteiger partial charge in [0.05, 0.1) is 26.5 Å². The van der Waals surface area contributed by atoms with E-state index in [0.29, 0.717) is 29.5 Å². The Morgan fingerprint density at radius 2 is 1.89 bits per heavy atom. The molecule has 2 amide bonds. The van der Waals surface area contributed by atoms with Crippen LogP contribution in [-0.2, 0) is 16.1 Å². The zero-order valence-corrected chi connectivity index (χ0v) is 15.5. The molecule has 7 nitrogen and oxygen atoms in total. The molecule has 0 aliphatic carbocycles. The second kappa shape index (κ2) is 7.99. The van der Waals surface area contributed by atoms with Gasteiger partial charge in [-0.05, 0) is 29.8 Å². The van der Waals surface area contributed by atoms with Gasteiger partial charge in [-0.3, -0.25) is 9.59 Å². The highest BCUT2D eigenvalue weighted by atomic mass is 16.5. The number of nitrogens with one attached hydrogen (secondary N) is 1. The molecule has 27 heavy (non-hydrogen) atoms. The minimum Gasteiger partial charge on any atom is -0.493 e. The number of hydrogen-bond acceptors (Lipinski definition) is 5. The maximum absolute atomic E-state index is 12.6. The van der Waals surface area contributed by atoms with Crippen molar-refractivity contribution < 1.29 is 23.8 Å². The Kier molecular flexibility index (Phi) is 5.49. The minimum absolute atomic E-state index is 0.136. The van der Waals surface area contributed by atoms with E-state index in [-0.39, 0.29) is 18.4 Å². The molecule has 1 N–H and O–H groups in total. The van der Waals surface area contributed by atoms with Crippen LogP contribution in [0.3, 0.4) is 0 Å². The van der Waals surface area contributed by atoms with Crippen LogP contribution in [0.5, 0.6) is 17.2 Å². The van der Waals surface area contributed by atoms with E-state index in [0.717, 1.165) is 5.56 Å². The lowest BCUT2D eigenvalue weighted by atomic mass is 10.1. The summed E-state index contributed by atoms with van der Waals surface area (Å²) in [4.78, 5) is 26.1. The molecule has 1 atom stereocenters. The lowest BCUT2D eigenvalue weighted by Crippen LogP contribution is -2.50. The predicted octanol–water partition coefficient (Wildman–Crippen LogP) is 2.13. The Morgan fingerprint density at radius 1 is 1.15 bits per heavy atom. The van der Waals surface area contributed by atoms with Crippen LogP contribution in [0.2, 0.25) is 0 Å². The Labute approximate surface area is 157 Å². The zero-order valence-electron chi connectivity index (χ0n) is 15.5. The van der Waals surface area contributed by atoms with E-state index in [2.05, 4.69) is 5.32 Å². The number of amides is 2. The highest BCUT2D eigenvalue weighted by molar-refractivity contribution is 5.95. The molecule has 0 bridgehead atoms. The SMILES string of the molecule is COc1ccc(CNC(=O)[C@H]2CN(C(C)=O)c3ccccc3O2)cc1OC. The lowest BCUT2D eigenvalue weighted by molar-refractivity contribution is -0.128. The van der Waals surface area contributed by atoms with Crippen LogP contribution >= 0.6 is 0 Å². The summed E-state index contributed by atoms with van der Waals surface area (Å²) >= 11 is 0. The summed E-state index contributed by atoms with van der Waals surface area (Å²) in [6.45, 7) is 1.95. The fraction of sp³-hybridized carbons (Fsp3) is 0.300. The highest BCUT2D eigenvalue weighted by Crippen LogP contribution is 2.33. The minimum atomic E-state index is -0.774. The number of nitrogens with zero attached hydrogens (tertiary/aromatic N) is 1. The number of hydrogen-bond donors (Lipinski definition) is 1. The summed E-state index contributed by atoms with van der Waals surface area (Å²) in [5.41, 5.74) is 1.54. The van der Waals surface area contributed by atoms with Gasteiger partial charge in [0.25, 0.3) is 5.91 Å². The predicted molar refractivity (Wildman–Crippen MR) is 100 cm³/mol. The van der Waals surface area contributed by atoms with Crippen molar-refractivity contribution >= 4 is 17.5 Å². The van der Waals surface area contributed by atoms with Crippen LogP contribution in [0.4, 0.5) is 5.69 Å². The van der Waals surface area contributed by atoms with Crippen LogP contribution in [0, 0.1) is 0 Å². The maximum Gasteiger partial charge on any atom is 0.263 e. The molecule has 0 fully saturated rings. The Morgan fingerprint density at radius 3 is 2.59 bits per heavy atom. The Balaban J connectivity index is 1.69. The van der Waals surface area contributed by atoms with Crippen LogP contribution < -0.4 is 24.4 Å². The molecule has 142 valence electrons. The summed E-state index contributed by atoms with van der Waals surface area (Å²) in [6.07, 6.45) is -0.774. The number of fused-ring (bicyclic) bond motifs is 1. The van der Waals surface area contributed by atoms with Gasteiger partial charge in [0.15, 0.2) is 17.6 Å². The summed E-state index contributed by atoms with van der Waals surface area (Å²) in [5, 5.41) is 2.85. The number of anilines is 1. The van der Waals surface area contributed by atoms with Crippen molar-refractivity contribution in [3.05, 3.63) is 48.0 Å². The zero-order chi connectivity index (χ0) is 19.4. The van der Waals surface area contributed by atoms with Gasteiger partial charge < -0.3 is 24.4 Å². The summed E-state index contributed by atoms with van der Waals surface area (Å²) in [6, 6.07) is 12.6. The first-order valence-corrected chi connectivity index (χ1v) is 8.56. The average Bonchev–Trinajstić information content (AvgIpc) is 2.70. The maximum atomic E-state index is 12.6. The van der Waals surface area contributed by atoms with E-state index < -0.39 is 6.10 Å². The summed E-state index contributed by atoms with van der Waals surface area (Å²) < 4.78 is 16.3. The Hall–Kier alpha value is -3.22. The number of carbonyl (C=O) groups excluding carboxylic acids is 2. The third-order valence-electron chi connectivity index (χ3n) is 4.36. The van der Waals surface area contributed by atoms with E-state index in [1.807, 2.05) is 12.1 Å². The third-order valence-corrected chi connectivity index (χ3v) is 4.36. The number of ether oxygens (including phenoxy) is 3. The highest BCUT2D eigenvalue weighted by Gasteiger charge is 2.32. The number of methoxy groups -OCH3 is 2. The van der Waals surface area contributed by atoms with Crippen LogP contribution in [0.25, 0.3) is 0 Å². The first-order chi connectivity index (χ1) is 13.0. The van der Waals surface area contributed by atoms with Gasteiger partial charge >= 0.3 is 0 Å². The van der Waals surface area contributed by atoms with Gasteiger partial charge in [-0.2, -0.15) is 0 Å². The molecule has 0 radical (unpaired) electrons. The lowest BCUT2D eigenvalue weighted by Gasteiger charge is -2.33. The van der Waals surface area contributed by atoms with Crippen LogP contribution in [0.1, 0.15) is 12.5 Å². The number of carbonyl (C=O) groups is 2. The molecule has 7 heteroatoms. The summed E-state index contributed by atoms with van der Waals surface area (Å²) in [7, 11) is 3.13. The quantitative estimate of drug-likeness (QED) is 0.873. The van der Waals surface area contributed by atoms with Crippen molar-refractivity contribution in [1.29, 1.82) is 0 Å². The van der Waals surface area contributed by atoms with Gasteiger partial charge in [0.2, 0.25) is 5.91 Å². The molecule has 1 aliphatic heterocycles. The largest absolute Gasteiger partial charge is 0.493 e. The number of rotatable bonds is 5. The van der Waals surface area contributed by atoms with Gasteiger partial charge in [-0.25, -0.2) is 0 Å². The van der Waals surface area contributed by atoms with E-state index in [4.69, 9.17) is 14.2 Å². The second-order valence-electron chi connectivity index (χ2n) is 6.11. The normalized spacial score (nSPS) is 15.4. The molecule has 2 aromatic carbocycles. The molecule has 1 aliphatic rings. The smallest absolute Gasteiger partial charge is 0.263 e. The van der Waals surface area contributed by atoms with E-state index in [9.17, 15) is 9.59 Å². The van der Waals surface area contributed by atoms with E-state index >= 15 is 0 Å². The molecular formula is C20H22N2O5. The Bertz CT molecular complexity index is 852. The topological polar surface area (TPSA) is 77.1 Å². The molecule has 0 saturated heterocycles. The molecule has 0 saturated carbocycles. The van der Waals surface area contributed by atoms with Crippen molar-refractivity contribution in [2.24, 2.45) is 0 Å². The monoisotopic (exact) mass is 370 g/mol. The molecule has 0 unspecified atom stereocenters. The van der Waals surface area contributed by atoms with Crippen molar-refractivity contribution in [2.75, 3.05) is 25.7 Å². The fourth-order valence-electron chi connectivity index (χ4n) is 2.96. The number of benzene rings is 2. The third kappa shape index (κ3) is 3.97. The second-order valence-corrected chi connectivity index (χ2v) is 6.11. The van der Waals surface area contributed by atoms with Gasteiger partial charge in [-0.1, -0.05) is 18.2 Å². The molecule has 3 rings (SSSR count). The van der Waals surface area contributed by atoms with Crippen molar-refractivity contribution in [2.45, 2.75) is 19.6 Å². The first-order valence-electron chi connectivity index (χ1n) is 8.56. The first kappa shape index (κ1) is 18.6. The van der Waals surface area contributed by atoms with Crippen LogP contribution in [-0.4, -0.2) is 38.7 Å². The van der Waals surface area contributed by atoms with Crippen LogP contribution in [0.15, 0.2) is 42.5 Å². The number of para-hydroxylation sites is 2. The van der Waals surface area contributed by atoms with Crippen molar-refractivity contribution in [1.82, 2.24) is 5.32 Å². The van der Waals surface area contributed by atoms with Gasteiger partial charge in [0, 0.05) is 13.5 Å². The molecule has 0 aromatic heterocycles. The summed E-state index contributed by atoms with van der Waals surface area (Å²) in [5.74, 6) is 1.31. The van der Waals surface area contributed by atoms with Gasteiger partial charge in [-0.15, -0.1) is 0 Å². The van der Waals surface area contributed by atoms with E-state index in [1.54, 1.807) is 49.5 Å². The average molecular weight is 370 g/mol. The standard InChI is InChI=1S/C20H22N2O5/c1-13(23)22-12-19(27-16-7-5-4-6-15(16)22)20(24)21-11-14-8-9-17(25-2)18(10-14)26-3/h4-10,19H,11-12H2,1-3H3,(H,21,24)/t19-/m1/s1. The molecule has 0 spiro atoms. The molecule has 1 heterocycles. The fourth-order valence-corrected chi connectivity index (χ4v) is 2.96. The molecular weight excluding hydrogens is 348 g/mol. The van der Waals surface area contributed by atoms with E-state index in [1.165, 1.54) is 6.92 Å². The van der Waals surface area contributed by atoms with Gasteiger partial charge in [0.1, 0.15) is 5.75 Å².